The first kappa shape index (κ1) is 17.4. The summed E-state index contributed by atoms with van der Waals surface area (Å²) in [6.45, 7) is 3.53. The van der Waals surface area contributed by atoms with E-state index in [1.54, 1.807) is 44.2 Å². The van der Waals surface area contributed by atoms with Gasteiger partial charge in [0.15, 0.2) is 0 Å². The number of anilines is 1. The van der Waals surface area contributed by atoms with Gasteiger partial charge in [-0.2, -0.15) is 5.10 Å². The number of esters is 1. The van der Waals surface area contributed by atoms with Crippen LogP contribution in [0.25, 0.3) is 11.0 Å². The van der Waals surface area contributed by atoms with Gasteiger partial charge in [-0.3, -0.25) is 9.59 Å². The van der Waals surface area contributed by atoms with Crippen LogP contribution in [-0.2, 0) is 16.1 Å². The van der Waals surface area contributed by atoms with Gasteiger partial charge in [0.2, 0.25) is 0 Å². The summed E-state index contributed by atoms with van der Waals surface area (Å²) in [7, 11) is 0. The first-order valence-corrected chi connectivity index (χ1v) is 8.02. The summed E-state index contributed by atoms with van der Waals surface area (Å²) in [6, 6.07) is 9.97. The van der Waals surface area contributed by atoms with E-state index in [2.05, 4.69) is 10.4 Å². The zero-order valence-corrected chi connectivity index (χ0v) is 14.3. The minimum Gasteiger partial charge on any atom is -0.465 e. The molecule has 0 atom stereocenters. The maximum atomic E-state index is 12.5. The van der Waals surface area contributed by atoms with Crippen molar-refractivity contribution in [2.24, 2.45) is 0 Å². The highest BCUT2D eigenvalue weighted by molar-refractivity contribution is 6.05. The molecule has 2 heterocycles. The average molecular weight is 355 g/mol. The highest BCUT2D eigenvalue weighted by Crippen LogP contribution is 2.15. The van der Waals surface area contributed by atoms with Crippen LogP contribution in [-0.4, -0.2) is 28.3 Å². The molecule has 0 fully saturated rings. The molecule has 0 saturated carbocycles. The summed E-state index contributed by atoms with van der Waals surface area (Å²) in [5.74, 6) is -0.834. The summed E-state index contributed by atoms with van der Waals surface area (Å²) in [4.78, 5) is 36.3. The Morgan fingerprint density at radius 1 is 1.27 bits per heavy atom. The lowest BCUT2D eigenvalue weighted by Crippen LogP contribution is -2.23. The fourth-order valence-electron chi connectivity index (χ4n) is 2.50. The van der Waals surface area contributed by atoms with Crippen molar-refractivity contribution in [1.29, 1.82) is 0 Å². The Kier molecular flexibility index (Phi) is 4.83. The maximum absolute atomic E-state index is 12.5. The van der Waals surface area contributed by atoms with Crippen molar-refractivity contribution in [2.45, 2.75) is 20.4 Å². The second-order valence-corrected chi connectivity index (χ2v) is 5.57. The van der Waals surface area contributed by atoms with E-state index in [-0.39, 0.29) is 24.5 Å². The molecule has 3 rings (SSSR count). The Hall–Kier alpha value is -3.42. The van der Waals surface area contributed by atoms with Crippen molar-refractivity contribution in [2.75, 3.05) is 11.9 Å². The number of nitrogens with zero attached hydrogens (tertiary/aromatic N) is 2. The van der Waals surface area contributed by atoms with Gasteiger partial charge in [0.05, 0.1) is 12.3 Å². The zero-order chi connectivity index (χ0) is 18.7. The molecule has 3 aromatic rings. The second-order valence-electron chi connectivity index (χ2n) is 5.57. The number of aryl methyl sites for hydroxylation is 1. The Bertz CT molecular complexity index is 1030. The summed E-state index contributed by atoms with van der Waals surface area (Å²) in [5.41, 5.74) is 0.131. The number of hydrogen-bond acceptors (Lipinski definition) is 6. The molecule has 2 aromatic heterocycles. The van der Waals surface area contributed by atoms with E-state index in [0.29, 0.717) is 16.7 Å². The van der Waals surface area contributed by atoms with Crippen LogP contribution < -0.4 is 10.9 Å². The van der Waals surface area contributed by atoms with Gasteiger partial charge < -0.3 is 14.5 Å². The highest BCUT2D eigenvalue weighted by Gasteiger charge is 2.17. The van der Waals surface area contributed by atoms with E-state index in [9.17, 15) is 14.4 Å². The summed E-state index contributed by atoms with van der Waals surface area (Å²) in [6.07, 6.45) is 0. The Balaban J connectivity index is 1.88. The number of para-hydroxylation sites is 1. The molecule has 0 radical (unpaired) electrons. The standard InChI is InChI=1S/C18H17N3O5/c1-3-25-16(22)10-21-15(8-11(2)20-21)19-17(23)13-9-12-6-4-5-7-14(12)26-18(13)24/h4-9H,3,10H2,1-2H3,(H,19,23). The number of amides is 1. The van der Waals surface area contributed by atoms with Gasteiger partial charge in [0.1, 0.15) is 23.5 Å². The van der Waals surface area contributed by atoms with Crippen molar-refractivity contribution >= 4 is 28.7 Å². The number of hydrogen-bond donors (Lipinski definition) is 1. The molecule has 1 aromatic carbocycles. The summed E-state index contributed by atoms with van der Waals surface area (Å²) in [5, 5.41) is 7.38. The minimum atomic E-state index is -0.741. The number of fused-ring (bicyclic) bond motifs is 1. The largest absolute Gasteiger partial charge is 0.465 e. The number of nitrogens with one attached hydrogen (secondary N) is 1. The van der Waals surface area contributed by atoms with Crippen LogP contribution in [0.3, 0.4) is 0 Å². The third-order valence-corrected chi connectivity index (χ3v) is 3.61. The number of benzene rings is 1. The van der Waals surface area contributed by atoms with Crippen molar-refractivity contribution in [3.05, 3.63) is 58.1 Å². The summed E-state index contributed by atoms with van der Waals surface area (Å²) < 4.78 is 11.4. The first-order valence-electron chi connectivity index (χ1n) is 8.02. The lowest BCUT2D eigenvalue weighted by molar-refractivity contribution is -0.144. The average Bonchev–Trinajstić information content (AvgIpc) is 2.93. The monoisotopic (exact) mass is 355 g/mol. The van der Waals surface area contributed by atoms with Crippen LogP contribution in [0.5, 0.6) is 0 Å². The number of carbonyl (C=O) groups is 2. The molecular formula is C18H17N3O5. The third-order valence-electron chi connectivity index (χ3n) is 3.61. The van der Waals surface area contributed by atoms with Gasteiger partial charge in [0.25, 0.3) is 5.91 Å². The van der Waals surface area contributed by atoms with Crippen LogP contribution in [0.15, 0.2) is 45.6 Å². The van der Waals surface area contributed by atoms with E-state index in [1.807, 2.05) is 0 Å². The number of aromatic nitrogens is 2. The van der Waals surface area contributed by atoms with Crippen molar-refractivity contribution in [1.82, 2.24) is 9.78 Å². The Morgan fingerprint density at radius 3 is 2.81 bits per heavy atom. The second kappa shape index (κ2) is 7.22. The fourth-order valence-corrected chi connectivity index (χ4v) is 2.50. The molecule has 0 spiro atoms. The lowest BCUT2D eigenvalue weighted by atomic mass is 10.2. The molecule has 0 unspecified atom stereocenters. The molecular weight excluding hydrogens is 338 g/mol. The molecule has 0 aliphatic rings. The minimum absolute atomic E-state index is 0.134. The lowest BCUT2D eigenvalue weighted by Gasteiger charge is -2.08. The molecule has 0 saturated heterocycles. The van der Waals surface area contributed by atoms with E-state index < -0.39 is 17.5 Å². The van der Waals surface area contributed by atoms with Gasteiger partial charge in [-0.15, -0.1) is 0 Å². The van der Waals surface area contributed by atoms with E-state index >= 15 is 0 Å². The number of carbonyl (C=O) groups excluding carboxylic acids is 2. The van der Waals surface area contributed by atoms with Crippen LogP contribution in [0.2, 0.25) is 0 Å². The Morgan fingerprint density at radius 2 is 2.04 bits per heavy atom. The van der Waals surface area contributed by atoms with E-state index in [1.165, 1.54) is 10.7 Å². The predicted octanol–water partition coefficient (Wildman–Crippen LogP) is 2.11. The molecule has 1 N–H and O–H groups in total. The van der Waals surface area contributed by atoms with Gasteiger partial charge in [-0.1, -0.05) is 18.2 Å². The van der Waals surface area contributed by atoms with Crippen molar-refractivity contribution in [3.8, 4) is 0 Å². The van der Waals surface area contributed by atoms with Crippen molar-refractivity contribution in [3.63, 3.8) is 0 Å². The molecule has 134 valence electrons. The zero-order valence-electron chi connectivity index (χ0n) is 14.3. The smallest absolute Gasteiger partial charge is 0.349 e. The maximum Gasteiger partial charge on any atom is 0.349 e. The molecule has 26 heavy (non-hydrogen) atoms. The molecule has 8 heteroatoms. The van der Waals surface area contributed by atoms with Crippen LogP contribution in [0.1, 0.15) is 23.0 Å². The van der Waals surface area contributed by atoms with E-state index in [4.69, 9.17) is 9.15 Å². The van der Waals surface area contributed by atoms with E-state index in [0.717, 1.165) is 0 Å². The topological polar surface area (TPSA) is 103 Å². The molecule has 1 amide bonds. The molecule has 0 aliphatic heterocycles. The number of ether oxygens (including phenoxy) is 1. The normalized spacial score (nSPS) is 10.7. The SMILES string of the molecule is CCOC(=O)Cn1nc(C)cc1NC(=O)c1cc2ccccc2oc1=O. The number of rotatable bonds is 5. The predicted molar refractivity (Wildman–Crippen MR) is 94.0 cm³/mol. The quantitative estimate of drug-likeness (QED) is 0.555. The van der Waals surface area contributed by atoms with Crippen LogP contribution in [0, 0.1) is 6.92 Å². The van der Waals surface area contributed by atoms with Gasteiger partial charge >= 0.3 is 11.6 Å². The Labute approximate surface area is 148 Å². The van der Waals surface area contributed by atoms with Crippen LogP contribution in [0.4, 0.5) is 5.82 Å². The van der Waals surface area contributed by atoms with Gasteiger partial charge in [0, 0.05) is 11.5 Å². The first-order chi connectivity index (χ1) is 12.5. The third kappa shape index (κ3) is 3.64. The molecule has 8 nitrogen and oxygen atoms in total. The van der Waals surface area contributed by atoms with Crippen LogP contribution >= 0.6 is 0 Å². The van der Waals surface area contributed by atoms with Crippen molar-refractivity contribution < 1.29 is 18.7 Å². The van der Waals surface area contributed by atoms with Gasteiger partial charge in [-0.25, -0.2) is 9.48 Å². The molecule has 0 aliphatic carbocycles. The fraction of sp³-hybridized carbons (Fsp3) is 0.222. The highest BCUT2D eigenvalue weighted by atomic mass is 16.5. The summed E-state index contributed by atoms with van der Waals surface area (Å²) >= 11 is 0. The molecule has 0 bridgehead atoms. The van der Waals surface area contributed by atoms with Gasteiger partial charge in [-0.05, 0) is 26.0 Å².